The van der Waals surface area contributed by atoms with Crippen molar-refractivity contribution in [2.45, 2.75) is 45.6 Å². The maximum Gasteiger partial charge on any atom is 0.0279 e. The third kappa shape index (κ3) is 3.06. The first-order valence-corrected chi connectivity index (χ1v) is 6.25. The van der Waals surface area contributed by atoms with Crippen molar-refractivity contribution in [2.24, 2.45) is 11.8 Å². The van der Waals surface area contributed by atoms with E-state index in [1.165, 1.54) is 12.0 Å². The molecule has 90 valence electrons. The fraction of sp³-hybridized carbons (Fsp3) is 0.571. The van der Waals surface area contributed by atoms with Gasteiger partial charge in [0.05, 0.1) is 0 Å². The van der Waals surface area contributed by atoms with Gasteiger partial charge in [0.25, 0.3) is 0 Å². The predicted molar refractivity (Wildman–Crippen MR) is 70.0 cm³/mol. The summed E-state index contributed by atoms with van der Waals surface area (Å²) in [6.45, 7) is 6.73. The molecule has 0 aromatic heterocycles. The van der Waals surface area contributed by atoms with Crippen molar-refractivity contribution < 1.29 is 0 Å². The molecule has 2 heteroatoms. The van der Waals surface area contributed by atoms with E-state index in [2.05, 4.69) is 56.5 Å². The molecule has 0 radical (unpaired) electrons. The first-order valence-electron chi connectivity index (χ1n) is 6.25. The van der Waals surface area contributed by atoms with E-state index in [9.17, 15) is 0 Å². The first kappa shape index (κ1) is 13.2. The van der Waals surface area contributed by atoms with Crippen molar-refractivity contribution in [1.29, 1.82) is 0 Å². The molecule has 3 N–H and O–H groups in total. The molecule has 0 heterocycles. The van der Waals surface area contributed by atoms with E-state index in [0.29, 0.717) is 17.9 Å². The smallest absolute Gasteiger partial charge is 0.0279 e. The van der Waals surface area contributed by atoms with E-state index < -0.39 is 0 Å². The summed E-state index contributed by atoms with van der Waals surface area (Å²) in [5.74, 6) is 6.81. The summed E-state index contributed by atoms with van der Waals surface area (Å²) in [7, 11) is 0. The molecule has 1 rings (SSSR count). The van der Waals surface area contributed by atoms with E-state index >= 15 is 0 Å². The van der Waals surface area contributed by atoms with Crippen LogP contribution in [0.3, 0.4) is 0 Å². The second kappa shape index (κ2) is 6.66. The standard InChI is InChI=1S/C14H24N2/c1-4-11(3)14(13(5-2)16-15)12-9-7-6-8-10-12/h6-11,13-14,16H,4-5,15H2,1-3H3. The Balaban J connectivity index is 2.95. The summed E-state index contributed by atoms with van der Waals surface area (Å²) in [5.41, 5.74) is 4.36. The van der Waals surface area contributed by atoms with Gasteiger partial charge in [-0.3, -0.25) is 11.3 Å². The molecule has 0 saturated carbocycles. The number of nitrogens with one attached hydrogen (secondary N) is 1. The number of hydrogen-bond donors (Lipinski definition) is 2. The molecule has 0 aliphatic heterocycles. The Kier molecular flexibility index (Phi) is 5.50. The minimum Gasteiger partial charge on any atom is -0.271 e. The van der Waals surface area contributed by atoms with Crippen molar-refractivity contribution in [1.82, 2.24) is 5.43 Å². The predicted octanol–water partition coefficient (Wildman–Crippen LogP) is 3.06. The second-order valence-electron chi connectivity index (χ2n) is 4.50. The van der Waals surface area contributed by atoms with Crippen LogP contribution in [0.1, 0.15) is 45.1 Å². The van der Waals surface area contributed by atoms with Crippen LogP contribution in [0.15, 0.2) is 30.3 Å². The molecule has 0 spiro atoms. The summed E-state index contributed by atoms with van der Waals surface area (Å²) < 4.78 is 0. The summed E-state index contributed by atoms with van der Waals surface area (Å²) in [6.07, 6.45) is 2.23. The lowest BCUT2D eigenvalue weighted by Crippen LogP contribution is -2.41. The van der Waals surface area contributed by atoms with Crippen LogP contribution < -0.4 is 11.3 Å². The van der Waals surface area contributed by atoms with E-state index in [0.717, 1.165) is 6.42 Å². The topological polar surface area (TPSA) is 38.0 Å². The molecular formula is C14H24N2. The zero-order valence-corrected chi connectivity index (χ0v) is 10.6. The molecule has 0 fully saturated rings. The third-order valence-electron chi connectivity index (χ3n) is 3.53. The second-order valence-corrected chi connectivity index (χ2v) is 4.50. The molecule has 1 aromatic carbocycles. The molecule has 1 aromatic rings. The van der Waals surface area contributed by atoms with Crippen molar-refractivity contribution in [3.8, 4) is 0 Å². The van der Waals surface area contributed by atoms with Crippen molar-refractivity contribution in [3.05, 3.63) is 35.9 Å². The lowest BCUT2D eigenvalue weighted by Gasteiger charge is -2.31. The van der Waals surface area contributed by atoms with Gasteiger partial charge in [0.2, 0.25) is 0 Å². The summed E-state index contributed by atoms with van der Waals surface area (Å²) >= 11 is 0. The molecule has 2 nitrogen and oxygen atoms in total. The van der Waals surface area contributed by atoms with Gasteiger partial charge >= 0.3 is 0 Å². The zero-order valence-electron chi connectivity index (χ0n) is 10.6. The zero-order chi connectivity index (χ0) is 12.0. The number of hydrazine groups is 1. The normalized spacial score (nSPS) is 16.8. The number of nitrogens with two attached hydrogens (primary N) is 1. The van der Waals surface area contributed by atoms with Crippen LogP contribution in [0.5, 0.6) is 0 Å². The van der Waals surface area contributed by atoms with Crippen molar-refractivity contribution in [2.75, 3.05) is 0 Å². The van der Waals surface area contributed by atoms with Gasteiger partial charge < -0.3 is 0 Å². The number of rotatable bonds is 6. The summed E-state index contributed by atoms with van der Waals surface area (Å²) in [4.78, 5) is 0. The average Bonchev–Trinajstić information content (AvgIpc) is 2.36. The minimum absolute atomic E-state index is 0.359. The summed E-state index contributed by atoms with van der Waals surface area (Å²) in [6, 6.07) is 11.0. The Hall–Kier alpha value is -0.860. The van der Waals surface area contributed by atoms with Crippen LogP contribution in [0.2, 0.25) is 0 Å². The Morgan fingerprint density at radius 2 is 1.75 bits per heavy atom. The maximum absolute atomic E-state index is 5.66. The number of benzene rings is 1. The van der Waals surface area contributed by atoms with Gasteiger partial charge in [-0.25, -0.2) is 0 Å². The molecule has 0 amide bonds. The lowest BCUT2D eigenvalue weighted by atomic mass is 9.79. The van der Waals surface area contributed by atoms with Crippen LogP contribution in [-0.2, 0) is 0 Å². The van der Waals surface area contributed by atoms with Gasteiger partial charge in [-0.1, -0.05) is 57.5 Å². The van der Waals surface area contributed by atoms with Gasteiger partial charge in [-0.05, 0) is 17.9 Å². The third-order valence-corrected chi connectivity index (χ3v) is 3.53. The fourth-order valence-electron chi connectivity index (χ4n) is 2.36. The highest BCUT2D eigenvalue weighted by Crippen LogP contribution is 2.31. The molecule has 16 heavy (non-hydrogen) atoms. The van der Waals surface area contributed by atoms with Gasteiger partial charge in [0.1, 0.15) is 0 Å². The van der Waals surface area contributed by atoms with Crippen LogP contribution in [0.4, 0.5) is 0 Å². The van der Waals surface area contributed by atoms with E-state index in [4.69, 9.17) is 5.84 Å². The maximum atomic E-state index is 5.66. The van der Waals surface area contributed by atoms with E-state index in [1.807, 2.05) is 0 Å². The van der Waals surface area contributed by atoms with Crippen molar-refractivity contribution >= 4 is 0 Å². The van der Waals surface area contributed by atoms with Crippen LogP contribution >= 0.6 is 0 Å². The minimum atomic E-state index is 0.359. The average molecular weight is 220 g/mol. The van der Waals surface area contributed by atoms with E-state index in [-0.39, 0.29) is 0 Å². The number of hydrogen-bond acceptors (Lipinski definition) is 2. The van der Waals surface area contributed by atoms with Crippen LogP contribution in [-0.4, -0.2) is 6.04 Å². The highest BCUT2D eigenvalue weighted by molar-refractivity contribution is 5.22. The molecule has 3 atom stereocenters. The first-order chi connectivity index (χ1) is 7.74. The Bertz CT molecular complexity index is 280. The lowest BCUT2D eigenvalue weighted by molar-refractivity contribution is 0.330. The fourth-order valence-corrected chi connectivity index (χ4v) is 2.36. The molecule has 0 saturated heterocycles. The Morgan fingerprint density at radius 1 is 1.12 bits per heavy atom. The largest absolute Gasteiger partial charge is 0.271 e. The van der Waals surface area contributed by atoms with Crippen LogP contribution in [0.25, 0.3) is 0 Å². The molecule has 0 aliphatic carbocycles. The molecular weight excluding hydrogens is 196 g/mol. The highest BCUT2D eigenvalue weighted by Gasteiger charge is 2.25. The monoisotopic (exact) mass is 220 g/mol. The van der Waals surface area contributed by atoms with Gasteiger partial charge in [-0.15, -0.1) is 0 Å². The Labute approximate surface area is 99.2 Å². The van der Waals surface area contributed by atoms with E-state index in [1.54, 1.807) is 0 Å². The molecule has 0 aliphatic rings. The van der Waals surface area contributed by atoms with Crippen molar-refractivity contribution in [3.63, 3.8) is 0 Å². The van der Waals surface area contributed by atoms with Gasteiger partial charge in [0, 0.05) is 12.0 Å². The van der Waals surface area contributed by atoms with Gasteiger partial charge in [0.15, 0.2) is 0 Å². The quantitative estimate of drug-likeness (QED) is 0.571. The van der Waals surface area contributed by atoms with Gasteiger partial charge in [-0.2, -0.15) is 0 Å². The highest BCUT2D eigenvalue weighted by atomic mass is 15.2. The Morgan fingerprint density at radius 3 is 2.19 bits per heavy atom. The van der Waals surface area contributed by atoms with Crippen LogP contribution in [0, 0.1) is 5.92 Å². The SMILES string of the molecule is CCC(C)C(c1ccccc1)C(CC)NN. The summed E-state index contributed by atoms with van der Waals surface area (Å²) in [5, 5.41) is 0. The molecule has 3 unspecified atom stereocenters. The molecule has 0 bridgehead atoms.